The Morgan fingerprint density at radius 1 is 1.26 bits per heavy atom. The first kappa shape index (κ1) is 15.3. The van der Waals surface area contributed by atoms with Crippen LogP contribution in [0.3, 0.4) is 0 Å². The summed E-state index contributed by atoms with van der Waals surface area (Å²) < 4.78 is 6.15. The molecule has 2 fully saturated rings. The molecule has 1 aliphatic carbocycles. The summed E-state index contributed by atoms with van der Waals surface area (Å²) in [6.45, 7) is 7.71. The van der Waals surface area contributed by atoms with Gasteiger partial charge in [-0.05, 0) is 46.6 Å². The van der Waals surface area contributed by atoms with Crippen LogP contribution in [0.4, 0.5) is 0 Å². The van der Waals surface area contributed by atoms with Gasteiger partial charge in [-0.1, -0.05) is 19.3 Å². The zero-order valence-corrected chi connectivity index (χ0v) is 13.1. The molecule has 2 rings (SSSR count). The minimum Gasteiger partial charge on any atom is -0.375 e. The van der Waals surface area contributed by atoms with Gasteiger partial charge in [0.25, 0.3) is 0 Å². The Balaban J connectivity index is 1.72. The van der Waals surface area contributed by atoms with Crippen molar-refractivity contribution in [2.75, 3.05) is 26.7 Å². The SMILES string of the molecule is CC(C)N(C)CCNC1CCOC2(CCCCC2)C1. The summed E-state index contributed by atoms with van der Waals surface area (Å²) in [5, 5.41) is 3.76. The van der Waals surface area contributed by atoms with Gasteiger partial charge in [0.1, 0.15) is 0 Å². The second kappa shape index (κ2) is 7.05. The van der Waals surface area contributed by atoms with Gasteiger partial charge < -0.3 is 15.0 Å². The molecule has 0 aromatic heterocycles. The Morgan fingerprint density at radius 2 is 2.00 bits per heavy atom. The highest BCUT2D eigenvalue weighted by molar-refractivity contribution is 4.92. The van der Waals surface area contributed by atoms with Gasteiger partial charge in [0.15, 0.2) is 0 Å². The Hall–Kier alpha value is -0.120. The average Bonchev–Trinajstić information content (AvgIpc) is 2.39. The molecule has 1 heterocycles. The smallest absolute Gasteiger partial charge is 0.0697 e. The molecule has 0 radical (unpaired) electrons. The quantitative estimate of drug-likeness (QED) is 0.830. The first-order valence-electron chi connectivity index (χ1n) is 8.19. The Bertz CT molecular complexity index is 256. The fourth-order valence-corrected chi connectivity index (χ4v) is 3.45. The molecule has 112 valence electrons. The van der Waals surface area contributed by atoms with Gasteiger partial charge in [-0.3, -0.25) is 0 Å². The maximum atomic E-state index is 6.15. The van der Waals surface area contributed by atoms with Gasteiger partial charge in [0.2, 0.25) is 0 Å². The van der Waals surface area contributed by atoms with Crippen molar-refractivity contribution in [2.24, 2.45) is 0 Å². The molecule has 0 bridgehead atoms. The van der Waals surface area contributed by atoms with E-state index in [1.807, 2.05) is 0 Å². The largest absolute Gasteiger partial charge is 0.375 e. The van der Waals surface area contributed by atoms with Gasteiger partial charge in [-0.25, -0.2) is 0 Å². The zero-order valence-electron chi connectivity index (χ0n) is 13.1. The third kappa shape index (κ3) is 4.44. The molecule has 1 atom stereocenters. The number of likely N-dealkylation sites (N-methyl/N-ethyl adjacent to an activating group) is 1. The van der Waals surface area contributed by atoms with Crippen molar-refractivity contribution in [3.63, 3.8) is 0 Å². The number of rotatable bonds is 5. The van der Waals surface area contributed by atoms with Gasteiger partial charge in [0, 0.05) is 31.8 Å². The predicted molar refractivity (Wildman–Crippen MR) is 80.6 cm³/mol. The van der Waals surface area contributed by atoms with E-state index < -0.39 is 0 Å². The van der Waals surface area contributed by atoms with E-state index in [2.05, 4.69) is 31.1 Å². The van der Waals surface area contributed by atoms with Crippen LogP contribution in [0.15, 0.2) is 0 Å². The van der Waals surface area contributed by atoms with Crippen LogP contribution in [0.5, 0.6) is 0 Å². The number of hydrogen-bond acceptors (Lipinski definition) is 3. The van der Waals surface area contributed by atoms with Crippen molar-refractivity contribution in [2.45, 2.75) is 76.5 Å². The molecule has 19 heavy (non-hydrogen) atoms. The summed E-state index contributed by atoms with van der Waals surface area (Å²) in [5.41, 5.74) is 0.234. The summed E-state index contributed by atoms with van der Waals surface area (Å²) >= 11 is 0. The Labute approximate surface area is 119 Å². The van der Waals surface area contributed by atoms with Crippen molar-refractivity contribution in [3.05, 3.63) is 0 Å². The molecular weight excluding hydrogens is 236 g/mol. The molecule has 1 spiro atoms. The lowest BCUT2D eigenvalue weighted by Crippen LogP contribution is -2.49. The van der Waals surface area contributed by atoms with E-state index in [9.17, 15) is 0 Å². The lowest BCUT2D eigenvalue weighted by Gasteiger charge is -2.44. The second-order valence-corrected chi connectivity index (χ2v) is 6.81. The number of hydrogen-bond donors (Lipinski definition) is 1. The molecule has 1 saturated heterocycles. The molecule has 1 unspecified atom stereocenters. The maximum Gasteiger partial charge on any atom is 0.0697 e. The molecule has 1 saturated carbocycles. The summed E-state index contributed by atoms with van der Waals surface area (Å²) in [6, 6.07) is 1.31. The topological polar surface area (TPSA) is 24.5 Å². The Kier molecular flexibility index (Phi) is 5.67. The first-order chi connectivity index (χ1) is 9.11. The summed E-state index contributed by atoms with van der Waals surface area (Å²) in [6.07, 6.45) is 9.13. The van der Waals surface area contributed by atoms with Crippen LogP contribution in [-0.2, 0) is 4.74 Å². The third-order valence-electron chi connectivity index (χ3n) is 5.04. The van der Waals surface area contributed by atoms with Crippen molar-refractivity contribution in [3.8, 4) is 0 Å². The summed E-state index contributed by atoms with van der Waals surface area (Å²) in [4.78, 5) is 2.41. The second-order valence-electron chi connectivity index (χ2n) is 6.81. The normalized spacial score (nSPS) is 27.3. The third-order valence-corrected chi connectivity index (χ3v) is 5.04. The molecule has 3 heteroatoms. The highest BCUT2D eigenvalue weighted by Crippen LogP contribution is 2.38. The summed E-state index contributed by atoms with van der Waals surface area (Å²) in [7, 11) is 2.21. The van der Waals surface area contributed by atoms with Crippen molar-refractivity contribution in [1.82, 2.24) is 10.2 Å². The molecule has 1 aliphatic heterocycles. The highest BCUT2D eigenvalue weighted by atomic mass is 16.5. The van der Waals surface area contributed by atoms with Crippen LogP contribution in [0, 0.1) is 0 Å². The van der Waals surface area contributed by atoms with Crippen LogP contribution in [-0.4, -0.2) is 49.3 Å². The fourth-order valence-electron chi connectivity index (χ4n) is 3.45. The molecule has 0 amide bonds. The van der Waals surface area contributed by atoms with Gasteiger partial charge in [-0.15, -0.1) is 0 Å². The predicted octanol–water partition coefficient (Wildman–Crippen LogP) is 2.80. The van der Waals surface area contributed by atoms with Crippen LogP contribution in [0.1, 0.15) is 58.8 Å². The van der Waals surface area contributed by atoms with Crippen LogP contribution in [0.2, 0.25) is 0 Å². The minimum atomic E-state index is 0.234. The monoisotopic (exact) mass is 268 g/mol. The molecule has 0 aromatic carbocycles. The molecule has 1 N–H and O–H groups in total. The van der Waals surface area contributed by atoms with Crippen molar-refractivity contribution >= 4 is 0 Å². The van der Waals surface area contributed by atoms with E-state index in [1.165, 1.54) is 44.9 Å². The van der Waals surface area contributed by atoms with Crippen LogP contribution >= 0.6 is 0 Å². The van der Waals surface area contributed by atoms with Gasteiger partial charge >= 0.3 is 0 Å². The number of nitrogens with zero attached hydrogens (tertiary/aromatic N) is 1. The maximum absolute atomic E-state index is 6.15. The van der Waals surface area contributed by atoms with E-state index in [-0.39, 0.29) is 5.60 Å². The number of ether oxygens (including phenoxy) is 1. The standard InChI is InChI=1S/C16H32N2O/c1-14(2)18(3)11-10-17-15-7-12-19-16(13-15)8-5-4-6-9-16/h14-15,17H,4-13H2,1-3H3. The Morgan fingerprint density at radius 3 is 2.68 bits per heavy atom. The summed E-state index contributed by atoms with van der Waals surface area (Å²) in [5.74, 6) is 0. The van der Waals surface area contributed by atoms with Crippen LogP contribution in [0.25, 0.3) is 0 Å². The lowest BCUT2D eigenvalue weighted by atomic mass is 9.78. The van der Waals surface area contributed by atoms with Gasteiger partial charge in [-0.2, -0.15) is 0 Å². The highest BCUT2D eigenvalue weighted by Gasteiger charge is 2.38. The molecular formula is C16H32N2O. The number of nitrogens with one attached hydrogen (secondary N) is 1. The van der Waals surface area contributed by atoms with E-state index >= 15 is 0 Å². The fraction of sp³-hybridized carbons (Fsp3) is 1.00. The van der Waals surface area contributed by atoms with Crippen molar-refractivity contribution < 1.29 is 4.74 Å². The van der Waals surface area contributed by atoms with E-state index in [4.69, 9.17) is 4.74 Å². The van der Waals surface area contributed by atoms with E-state index in [0.717, 1.165) is 19.7 Å². The van der Waals surface area contributed by atoms with Gasteiger partial charge in [0.05, 0.1) is 5.60 Å². The van der Waals surface area contributed by atoms with Crippen molar-refractivity contribution in [1.29, 1.82) is 0 Å². The molecule has 3 nitrogen and oxygen atoms in total. The molecule has 0 aromatic rings. The average molecular weight is 268 g/mol. The minimum absolute atomic E-state index is 0.234. The molecule has 2 aliphatic rings. The first-order valence-corrected chi connectivity index (χ1v) is 8.19. The van der Waals surface area contributed by atoms with E-state index in [1.54, 1.807) is 0 Å². The lowest BCUT2D eigenvalue weighted by molar-refractivity contribution is -0.109. The zero-order chi connectivity index (χ0) is 13.7. The van der Waals surface area contributed by atoms with Crippen LogP contribution < -0.4 is 5.32 Å². The van der Waals surface area contributed by atoms with E-state index in [0.29, 0.717) is 12.1 Å².